The Bertz CT molecular complexity index is 255. The van der Waals surface area contributed by atoms with Crippen molar-refractivity contribution in [2.45, 2.75) is 84.3 Å². The van der Waals surface area contributed by atoms with Crippen LogP contribution in [0.1, 0.15) is 72.1 Å². The van der Waals surface area contributed by atoms with E-state index < -0.39 is 0 Å². The Morgan fingerprint density at radius 3 is 2.14 bits per heavy atom. The summed E-state index contributed by atoms with van der Waals surface area (Å²) < 4.78 is 10.1. The monoisotopic (exact) mass is 315 g/mol. The van der Waals surface area contributed by atoms with Gasteiger partial charge in [-0.05, 0) is 14.0 Å². The van der Waals surface area contributed by atoms with Crippen molar-refractivity contribution >= 4 is 5.97 Å². The van der Waals surface area contributed by atoms with Gasteiger partial charge in [0.1, 0.15) is 0 Å². The predicted molar refractivity (Wildman–Crippen MR) is 92.1 cm³/mol. The standard InChI is InChI=1S/C9H17NO3.C9H20/c1-7-8(6-9(11)12-3)10(2)4-5-13-7;1-3-5-7-9-8-6-4-2/h7-8H,4-6H2,1-3H3;3-9H2,1-2H3. The highest BCUT2D eigenvalue weighted by atomic mass is 16.5. The molecule has 0 aromatic heterocycles. The molecule has 132 valence electrons. The minimum Gasteiger partial charge on any atom is -0.469 e. The molecule has 1 saturated heterocycles. The Morgan fingerprint density at radius 2 is 1.68 bits per heavy atom. The number of hydrogen-bond donors (Lipinski definition) is 0. The number of esters is 1. The van der Waals surface area contributed by atoms with Gasteiger partial charge in [-0.1, -0.05) is 58.8 Å². The molecule has 0 N–H and O–H groups in total. The predicted octanol–water partition coefficient (Wildman–Crippen LogP) is 4.03. The first-order valence-electron chi connectivity index (χ1n) is 8.95. The lowest BCUT2D eigenvalue weighted by atomic mass is 10.1. The minimum absolute atomic E-state index is 0.109. The quantitative estimate of drug-likeness (QED) is 0.501. The van der Waals surface area contributed by atoms with Gasteiger partial charge in [0.05, 0.1) is 26.2 Å². The highest BCUT2D eigenvalue weighted by Crippen LogP contribution is 2.15. The molecule has 22 heavy (non-hydrogen) atoms. The van der Waals surface area contributed by atoms with Crippen LogP contribution in [0.4, 0.5) is 0 Å². The molecule has 1 heterocycles. The Labute approximate surface area is 137 Å². The SMILES string of the molecule is CCCCCCCCC.COC(=O)CC1C(C)OCCN1C. The van der Waals surface area contributed by atoms with Crippen LogP contribution in [0, 0.1) is 0 Å². The highest BCUT2D eigenvalue weighted by molar-refractivity contribution is 5.70. The van der Waals surface area contributed by atoms with Gasteiger partial charge >= 0.3 is 5.97 Å². The van der Waals surface area contributed by atoms with Crippen LogP contribution in [0.2, 0.25) is 0 Å². The average molecular weight is 315 g/mol. The molecule has 1 rings (SSSR count). The van der Waals surface area contributed by atoms with E-state index in [9.17, 15) is 4.79 Å². The maximum absolute atomic E-state index is 11.1. The molecule has 0 aromatic carbocycles. The van der Waals surface area contributed by atoms with E-state index in [0.717, 1.165) is 13.2 Å². The fourth-order valence-corrected chi connectivity index (χ4v) is 2.62. The molecule has 1 fully saturated rings. The zero-order chi connectivity index (χ0) is 16.8. The lowest BCUT2D eigenvalue weighted by molar-refractivity contribution is -0.145. The first kappa shape index (κ1) is 21.4. The van der Waals surface area contributed by atoms with Crippen molar-refractivity contribution < 1.29 is 14.3 Å². The first-order chi connectivity index (χ1) is 10.6. The second-order valence-corrected chi connectivity index (χ2v) is 6.17. The number of morpholine rings is 1. The van der Waals surface area contributed by atoms with E-state index in [4.69, 9.17) is 4.74 Å². The van der Waals surface area contributed by atoms with Gasteiger partial charge in [0.2, 0.25) is 0 Å². The zero-order valence-electron chi connectivity index (χ0n) is 15.4. The van der Waals surface area contributed by atoms with Crippen LogP contribution in [0.3, 0.4) is 0 Å². The molecule has 4 heteroatoms. The van der Waals surface area contributed by atoms with Crippen molar-refractivity contribution in [2.24, 2.45) is 0 Å². The summed E-state index contributed by atoms with van der Waals surface area (Å²) in [5.74, 6) is -0.172. The van der Waals surface area contributed by atoms with Crippen LogP contribution < -0.4 is 0 Å². The van der Waals surface area contributed by atoms with Crippen molar-refractivity contribution in [3.8, 4) is 0 Å². The molecule has 0 saturated carbocycles. The van der Waals surface area contributed by atoms with Crippen LogP contribution >= 0.6 is 0 Å². The van der Waals surface area contributed by atoms with E-state index in [1.54, 1.807) is 0 Å². The van der Waals surface area contributed by atoms with Crippen LogP contribution in [-0.4, -0.2) is 50.3 Å². The molecule has 0 aliphatic carbocycles. The molecule has 4 nitrogen and oxygen atoms in total. The van der Waals surface area contributed by atoms with E-state index in [0.29, 0.717) is 6.42 Å². The molecule has 2 atom stereocenters. The van der Waals surface area contributed by atoms with Crippen LogP contribution in [-0.2, 0) is 14.3 Å². The van der Waals surface area contributed by atoms with E-state index >= 15 is 0 Å². The number of carbonyl (C=O) groups excluding carboxylic acids is 1. The van der Waals surface area contributed by atoms with Gasteiger partial charge in [-0.3, -0.25) is 9.69 Å². The van der Waals surface area contributed by atoms with Crippen molar-refractivity contribution in [2.75, 3.05) is 27.3 Å². The van der Waals surface area contributed by atoms with E-state index in [-0.39, 0.29) is 18.1 Å². The molecule has 0 amide bonds. The van der Waals surface area contributed by atoms with Gasteiger partial charge < -0.3 is 9.47 Å². The lowest BCUT2D eigenvalue weighted by Crippen LogP contribution is -2.49. The second kappa shape index (κ2) is 14.0. The topological polar surface area (TPSA) is 38.8 Å². The molecule has 2 unspecified atom stereocenters. The van der Waals surface area contributed by atoms with E-state index in [2.05, 4.69) is 23.5 Å². The normalized spacial score (nSPS) is 21.9. The van der Waals surface area contributed by atoms with Gasteiger partial charge in [0.25, 0.3) is 0 Å². The number of nitrogens with zero attached hydrogens (tertiary/aromatic N) is 1. The summed E-state index contributed by atoms with van der Waals surface area (Å²) in [6.45, 7) is 8.14. The number of unbranched alkanes of at least 4 members (excludes halogenated alkanes) is 6. The van der Waals surface area contributed by atoms with Crippen LogP contribution in [0.15, 0.2) is 0 Å². The third kappa shape index (κ3) is 10.2. The maximum atomic E-state index is 11.1. The molecule has 0 bridgehead atoms. The molecular formula is C18H37NO3. The highest BCUT2D eigenvalue weighted by Gasteiger charge is 2.28. The Balaban J connectivity index is 0.000000433. The van der Waals surface area contributed by atoms with Crippen LogP contribution in [0.25, 0.3) is 0 Å². The average Bonchev–Trinajstić information content (AvgIpc) is 2.51. The maximum Gasteiger partial charge on any atom is 0.307 e. The lowest BCUT2D eigenvalue weighted by Gasteiger charge is -2.36. The summed E-state index contributed by atoms with van der Waals surface area (Å²) in [7, 11) is 3.42. The smallest absolute Gasteiger partial charge is 0.307 e. The van der Waals surface area contributed by atoms with Gasteiger partial charge in [-0.25, -0.2) is 0 Å². The Kier molecular flexibility index (Phi) is 13.6. The Hall–Kier alpha value is -0.610. The number of ether oxygens (including phenoxy) is 2. The third-order valence-electron chi connectivity index (χ3n) is 4.24. The van der Waals surface area contributed by atoms with Crippen molar-refractivity contribution in [1.82, 2.24) is 4.90 Å². The van der Waals surface area contributed by atoms with Gasteiger partial charge in [0, 0.05) is 12.6 Å². The fraction of sp³-hybridized carbons (Fsp3) is 0.944. The molecule has 1 aliphatic heterocycles. The largest absolute Gasteiger partial charge is 0.469 e. The molecular weight excluding hydrogens is 278 g/mol. The molecule has 0 aromatic rings. The summed E-state index contributed by atoms with van der Waals surface area (Å²) in [6, 6.07) is 0.154. The zero-order valence-corrected chi connectivity index (χ0v) is 15.4. The van der Waals surface area contributed by atoms with Crippen molar-refractivity contribution in [3.63, 3.8) is 0 Å². The number of hydrogen-bond acceptors (Lipinski definition) is 4. The summed E-state index contributed by atoms with van der Waals surface area (Å²) >= 11 is 0. The summed E-state index contributed by atoms with van der Waals surface area (Å²) in [4.78, 5) is 13.2. The Morgan fingerprint density at radius 1 is 1.14 bits per heavy atom. The fourth-order valence-electron chi connectivity index (χ4n) is 2.62. The number of rotatable bonds is 8. The molecule has 1 aliphatic rings. The number of carbonyl (C=O) groups is 1. The van der Waals surface area contributed by atoms with Gasteiger partial charge in [0.15, 0.2) is 0 Å². The molecule has 0 radical (unpaired) electrons. The van der Waals surface area contributed by atoms with Crippen LogP contribution in [0.5, 0.6) is 0 Å². The first-order valence-corrected chi connectivity index (χ1v) is 8.95. The second-order valence-electron chi connectivity index (χ2n) is 6.17. The van der Waals surface area contributed by atoms with Gasteiger partial charge in [-0.15, -0.1) is 0 Å². The number of methoxy groups -OCH3 is 1. The van der Waals surface area contributed by atoms with E-state index in [1.807, 2.05) is 14.0 Å². The van der Waals surface area contributed by atoms with E-state index in [1.165, 1.54) is 52.1 Å². The van der Waals surface area contributed by atoms with Gasteiger partial charge in [-0.2, -0.15) is 0 Å². The minimum atomic E-state index is -0.172. The summed E-state index contributed by atoms with van der Waals surface area (Å²) in [5.41, 5.74) is 0. The summed E-state index contributed by atoms with van der Waals surface area (Å²) in [6.07, 6.45) is 10.5. The summed E-state index contributed by atoms with van der Waals surface area (Å²) in [5, 5.41) is 0. The third-order valence-corrected chi connectivity index (χ3v) is 4.24. The number of likely N-dealkylation sites (N-methyl/N-ethyl adjacent to an activating group) is 1. The molecule has 0 spiro atoms. The van der Waals surface area contributed by atoms with Crippen molar-refractivity contribution in [3.05, 3.63) is 0 Å². The van der Waals surface area contributed by atoms with Crippen molar-refractivity contribution in [1.29, 1.82) is 0 Å².